The molecule has 1 aliphatic carbocycles. The number of rotatable bonds is 2. The van der Waals surface area contributed by atoms with Gasteiger partial charge in [0.1, 0.15) is 0 Å². The summed E-state index contributed by atoms with van der Waals surface area (Å²) in [5.74, 6) is 0.499. The van der Waals surface area contributed by atoms with Gasteiger partial charge >= 0.3 is 0 Å². The maximum Gasteiger partial charge on any atom is 0.0954 e. The summed E-state index contributed by atoms with van der Waals surface area (Å²) in [6, 6.07) is 0.516. The molecule has 0 spiro atoms. The maximum atomic E-state index is 5.75. The summed E-state index contributed by atoms with van der Waals surface area (Å²) < 4.78 is 2.29. The van der Waals surface area contributed by atoms with E-state index in [0.29, 0.717) is 12.0 Å². The second-order valence-electron chi connectivity index (χ2n) is 4.40. The highest BCUT2D eigenvalue weighted by atomic mass is 15.1. The van der Waals surface area contributed by atoms with Crippen molar-refractivity contribution in [3.8, 4) is 0 Å². The van der Waals surface area contributed by atoms with E-state index in [4.69, 9.17) is 5.73 Å². The number of hydrogen-bond donors (Lipinski definition) is 1. The van der Waals surface area contributed by atoms with E-state index >= 15 is 0 Å². The molecule has 2 N–H and O–H groups in total. The van der Waals surface area contributed by atoms with E-state index in [1.165, 1.54) is 30.7 Å². The van der Waals surface area contributed by atoms with E-state index in [9.17, 15) is 0 Å². The van der Waals surface area contributed by atoms with Crippen LogP contribution in [0.4, 0.5) is 0 Å². The SMILES string of the molecule is CC(C)n1cnc2c1CCCC2CN. The molecule has 1 unspecified atom stereocenters. The van der Waals surface area contributed by atoms with E-state index in [1.54, 1.807) is 0 Å². The third-order valence-electron chi connectivity index (χ3n) is 3.12. The molecule has 14 heavy (non-hydrogen) atoms. The summed E-state index contributed by atoms with van der Waals surface area (Å²) in [4.78, 5) is 4.51. The van der Waals surface area contributed by atoms with Crippen LogP contribution in [-0.2, 0) is 6.42 Å². The highest BCUT2D eigenvalue weighted by Gasteiger charge is 2.24. The molecular weight excluding hydrogens is 174 g/mol. The molecule has 0 fully saturated rings. The fourth-order valence-corrected chi connectivity index (χ4v) is 2.33. The molecule has 1 aromatic heterocycles. The Balaban J connectivity index is 2.37. The Morgan fingerprint density at radius 2 is 2.43 bits per heavy atom. The molecule has 0 radical (unpaired) electrons. The Labute approximate surface area is 85.3 Å². The van der Waals surface area contributed by atoms with Crippen LogP contribution < -0.4 is 5.73 Å². The average molecular weight is 193 g/mol. The van der Waals surface area contributed by atoms with Crippen molar-refractivity contribution >= 4 is 0 Å². The first-order valence-electron chi connectivity index (χ1n) is 5.49. The summed E-state index contributed by atoms with van der Waals surface area (Å²) in [7, 11) is 0. The molecule has 0 saturated carbocycles. The standard InChI is InChI=1S/C11H19N3/c1-8(2)14-7-13-11-9(6-12)4-3-5-10(11)14/h7-9H,3-6,12H2,1-2H3. The second kappa shape index (κ2) is 3.73. The molecule has 0 amide bonds. The van der Waals surface area contributed by atoms with Crippen LogP contribution in [0.15, 0.2) is 6.33 Å². The third kappa shape index (κ3) is 1.46. The van der Waals surface area contributed by atoms with Crippen LogP contribution in [0.1, 0.15) is 50.0 Å². The molecule has 3 heteroatoms. The van der Waals surface area contributed by atoms with Crippen molar-refractivity contribution in [1.29, 1.82) is 0 Å². The topological polar surface area (TPSA) is 43.8 Å². The number of imidazole rings is 1. The molecule has 78 valence electrons. The molecule has 0 saturated heterocycles. The van der Waals surface area contributed by atoms with Gasteiger partial charge in [-0.1, -0.05) is 0 Å². The number of fused-ring (bicyclic) bond motifs is 1. The molecule has 3 nitrogen and oxygen atoms in total. The maximum absolute atomic E-state index is 5.75. The molecule has 0 aromatic carbocycles. The highest BCUT2D eigenvalue weighted by Crippen LogP contribution is 2.30. The zero-order valence-corrected chi connectivity index (χ0v) is 9.03. The Hall–Kier alpha value is -0.830. The minimum Gasteiger partial charge on any atom is -0.332 e. The smallest absolute Gasteiger partial charge is 0.0954 e. The lowest BCUT2D eigenvalue weighted by molar-refractivity contribution is 0.508. The lowest BCUT2D eigenvalue weighted by Crippen LogP contribution is -2.19. The lowest BCUT2D eigenvalue weighted by atomic mass is 9.90. The van der Waals surface area contributed by atoms with Crippen molar-refractivity contribution < 1.29 is 0 Å². The van der Waals surface area contributed by atoms with Gasteiger partial charge in [0.15, 0.2) is 0 Å². The van der Waals surface area contributed by atoms with Gasteiger partial charge in [-0.05, 0) is 33.1 Å². The Morgan fingerprint density at radius 1 is 1.64 bits per heavy atom. The van der Waals surface area contributed by atoms with Crippen molar-refractivity contribution in [2.75, 3.05) is 6.54 Å². The minimum absolute atomic E-state index is 0.499. The average Bonchev–Trinajstić information content (AvgIpc) is 2.60. The number of nitrogens with two attached hydrogens (primary N) is 1. The Kier molecular flexibility index (Phi) is 2.59. The van der Waals surface area contributed by atoms with Crippen LogP contribution in [0, 0.1) is 0 Å². The van der Waals surface area contributed by atoms with Gasteiger partial charge in [-0.2, -0.15) is 0 Å². The van der Waals surface area contributed by atoms with Crippen molar-refractivity contribution in [2.45, 2.75) is 45.1 Å². The van der Waals surface area contributed by atoms with Crippen molar-refractivity contribution in [1.82, 2.24) is 9.55 Å². The predicted molar refractivity (Wildman–Crippen MR) is 57.3 cm³/mol. The van der Waals surface area contributed by atoms with Crippen LogP contribution in [0.25, 0.3) is 0 Å². The van der Waals surface area contributed by atoms with Crippen molar-refractivity contribution in [3.63, 3.8) is 0 Å². The van der Waals surface area contributed by atoms with E-state index in [-0.39, 0.29) is 0 Å². The van der Waals surface area contributed by atoms with Gasteiger partial charge in [0, 0.05) is 24.2 Å². The minimum atomic E-state index is 0.499. The van der Waals surface area contributed by atoms with Crippen LogP contribution in [-0.4, -0.2) is 16.1 Å². The summed E-state index contributed by atoms with van der Waals surface area (Å²) in [5, 5.41) is 0. The largest absolute Gasteiger partial charge is 0.332 e. The van der Waals surface area contributed by atoms with E-state index < -0.39 is 0 Å². The predicted octanol–water partition coefficient (Wildman–Crippen LogP) is 1.84. The summed E-state index contributed by atoms with van der Waals surface area (Å²) in [6.45, 7) is 5.14. The molecule has 1 aliphatic rings. The van der Waals surface area contributed by atoms with Crippen LogP contribution in [0.2, 0.25) is 0 Å². The van der Waals surface area contributed by atoms with Crippen molar-refractivity contribution in [2.24, 2.45) is 5.73 Å². The van der Waals surface area contributed by atoms with Gasteiger partial charge in [-0.3, -0.25) is 0 Å². The van der Waals surface area contributed by atoms with Gasteiger partial charge in [0.25, 0.3) is 0 Å². The highest BCUT2D eigenvalue weighted by molar-refractivity contribution is 5.22. The summed E-state index contributed by atoms with van der Waals surface area (Å²) in [6.07, 6.45) is 5.61. The van der Waals surface area contributed by atoms with Gasteiger partial charge in [0.05, 0.1) is 12.0 Å². The third-order valence-corrected chi connectivity index (χ3v) is 3.12. The number of nitrogens with zero attached hydrogens (tertiary/aromatic N) is 2. The Morgan fingerprint density at radius 3 is 3.07 bits per heavy atom. The lowest BCUT2D eigenvalue weighted by Gasteiger charge is -2.22. The molecule has 0 aliphatic heterocycles. The Bertz CT molecular complexity index is 314. The zero-order chi connectivity index (χ0) is 10.1. The van der Waals surface area contributed by atoms with Gasteiger partial charge < -0.3 is 10.3 Å². The second-order valence-corrected chi connectivity index (χ2v) is 4.40. The van der Waals surface area contributed by atoms with Gasteiger partial charge in [-0.15, -0.1) is 0 Å². The van der Waals surface area contributed by atoms with E-state index in [1.807, 2.05) is 6.33 Å². The fourth-order valence-electron chi connectivity index (χ4n) is 2.33. The molecule has 1 atom stereocenters. The van der Waals surface area contributed by atoms with Crippen LogP contribution in [0.3, 0.4) is 0 Å². The van der Waals surface area contributed by atoms with Gasteiger partial charge in [0.2, 0.25) is 0 Å². The first-order valence-corrected chi connectivity index (χ1v) is 5.49. The molecule has 1 heterocycles. The fraction of sp³-hybridized carbons (Fsp3) is 0.727. The van der Waals surface area contributed by atoms with Crippen molar-refractivity contribution in [3.05, 3.63) is 17.7 Å². The first kappa shape index (κ1) is 9.71. The quantitative estimate of drug-likeness (QED) is 0.779. The van der Waals surface area contributed by atoms with E-state index in [2.05, 4.69) is 23.4 Å². The number of aromatic nitrogens is 2. The molecule has 0 bridgehead atoms. The summed E-state index contributed by atoms with van der Waals surface area (Å²) in [5.41, 5.74) is 8.43. The van der Waals surface area contributed by atoms with Crippen LogP contribution in [0.5, 0.6) is 0 Å². The zero-order valence-electron chi connectivity index (χ0n) is 9.03. The van der Waals surface area contributed by atoms with E-state index in [0.717, 1.165) is 6.54 Å². The van der Waals surface area contributed by atoms with Crippen LogP contribution >= 0.6 is 0 Å². The first-order chi connectivity index (χ1) is 6.74. The number of hydrogen-bond acceptors (Lipinski definition) is 2. The van der Waals surface area contributed by atoms with Gasteiger partial charge in [-0.25, -0.2) is 4.98 Å². The normalized spacial score (nSPS) is 21.3. The monoisotopic (exact) mass is 193 g/mol. The molecule has 2 rings (SSSR count). The molecule has 1 aromatic rings. The molecular formula is C11H19N3. The summed E-state index contributed by atoms with van der Waals surface area (Å²) >= 11 is 0.